The van der Waals surface area contributed by atoms with Gasteiger partial charge < -0.3 is 10.0 Å². The van der Waals surface area contributed by atoms with Crippen LogP contribution in [0.25, 0.3) is 0 Å². The highest BCUT2D eigenvalue weighted by molar-refractivity contribution is 5.67. The Kier molecular flexibility index (Phi) is 5.01. The highest BCUT2D eigenvalue weighted by Gasteiger charge is 2.06. The smallest absolute Gasteiger partial charge is 0.305 e. The molecule has 0 saturated heterocycles. The average Bonchev–Trinajstić information content (AvgIpc) is 2.35. The average molecular weight is 235 g/mol. The van der Waals surface area contributed by atoms with E-state index in [-0.39, 0.29) is 6.42 Å². The lowest BCUT2D eigenvalue weighted by Crippen LogP contribution is -2.20. The number of hydrogen-bond donors (Lipinski definition) is 1. The third-order valence-electron chi connectivity index (χ3n) is 3.18. The number of aliphatic carboxylic acids is 1. The van der Waals surface area contributed by atoms with E-state index in [9.17, 15) is 4.79 Å². The van der Waals surface area contributed by atoms with Crippen molar-refractivity contribution in [3.05, 3.63) is 29.8 Å². The summed E-state index contributed by atoms with van der Waals surface area (Å²) in [5.74, 6) is -0.179. The van der Waals surface area contributed by atoms with Gasteiger partial charge in [-0.15, -0.1) is 0 Å². The van der Waals surface area contributed by atoms with Crippen LogP contribution in [-0.4, -0.2) is 24.7 Å². The van der Waals surface area contributed by atoms with Crippen LogP contribution >= 0.6 is 0 Å². The lowest BCUT2D eigenvalue weighted by molar-refractivity contribution is -0.136. The Bertz CT molecular complexity index is 359. The molecule has 1 atom stereocenters. The summed E-state index contributed by atoms with van der Waals surface area (Å²) in [7, 11) is 1.92. The van der Waals surface area contributed by atoms with E-state index in [4.69, 9.17) is 5.11 Å². The van der Waals surface area contributed by atoms with Gasteiger partial charge in [0, 0.05) is 19.3 Å². The molecule has 3 heteroatoms. The summed E-state index contributed by atoms with van der Waals surface area (Å²) in [4.78, 5) is 12.5. The minimum absolute atomic E-state index is 0.170. The molecule has 0 aliphatic heterocycles. The highest BCUT2D eigenvalue weighted by Crippen LogP contribution is 2.21. The Morgan fingerprint density at radius 2 is 1.94 bits per heavy atom. The maximum atomic E-state index is 10.5. The van der Waals surface area contributed by atoms with Crippen molar-refractivity contribution < 1.29 is 9.90 Å². The van der Waals surface area contributed by atoms with E-state index in [0.29, 0.717) is 12.5 Å². The molecule has 17 heavy (non-hydrogen) atoms. The van der Waals surface area contributed by atoms with Crippen molar-refractivity contribution in [3.8, 4) is 0 Å². The number of hydrogen-bond acceptors (Lipinski definition) is 2. The molecule has 0 aromatic heterocycles. The Hall–Kier alpha value is -1.51. The molecule has 0 saturated carbocycles. The SMILES string of the molecule is CCC(C)c1ccc(N(C)CCC(=O)O)cc1. The Labute approximate surface area is 103 Å². The highest BCUT2D eigenvalue weighted by atomic mass is 16.4. The van der Waals surface area contributed by atoms with Gasteiger partial charge in [-0.1, -0.05) is 26.0 Å². The van der Waals surface area contributed by atoms with E-state index < -0.39 is 5.97 Å². The summed E-state index contributed by atoms with van der Waals surface area (Å²) in [5, 5.41) is 8.63. The molecule has 0 radical (unpaired) electrons. The molecule has 0 aliphatic carbocycles. The predicted molar refractivity (Wildman–Crippen MR) is 70.7 cm³/mol. The number of rotatable bonds is 6. The van der Waals surface area contributed by atoms with Crippen LogP contribution in [0.3, 0.4) is 0 Å². The van der Waals surface area contributed by atoms with Gasteiger partial charge in [-0.25, -0.2) is 0 Å². The summed E-state index contributed by atoms with van der Waals surface area (Å²) in [6.07, 6.45) is 1.30. The molecule has 0 amide bonds. The van der Waals surface area contributed by atoms with E-state index in [1.807, 2.05) is 11.9 Å². The van der Waals surface area contributed by atoms with Crippen LogP contribution < -0.4 is 4.90 Å². The quantitative estimate of drug-likeness (QED) is 0.823. The van der Waals surface area contributed by atoms with Crippen molar-refractivity contribution in [2.75, 3.05) is 18.5 Å². The molecule has 94 valence electrons. The van der Waals surface area contributed by atoms with Crippen LogP contribution in [0.4, 0.5) is 5.69 Å². The molecule has 1 aromatic carbocycles. The standard InChI is InChI=1S/C14H21NO2/c1-4-11(2)12-5-7-13(8-6-12)15(3)10-9-14(16)17/h5-8,11H,4,9-10H2,1-3H3,(H,16,17). The first-order valence-electron chi connectivity index (χ1n) is 6.07. The van der Waals surface area contributed by atoms with E-state index >= 15 is 0 Å². The second-order valence-corrected chi connectivity index (χ2v) is 4.47. The number of carboxylic acids is 1. The Morgan fingerprint density at radius 1 is 1.35 bits per heavy atom. The fraction of sp³-hybridized carbons (Fsp3) is 0.500. The summed E-state index contributed by atoms with van der Waals surface area (Å²) >= 11 is 0. The van der Waals surface area contributed by atoms with Crippen LogP contribution in [0, 0.1) is 0 Å². The largest absolute Gasteiger partial charge is 0.481 e. The first kappa shape index (κ1) is 13.6. The minimum Gasteiger partial charge on any atom is -0.481 e. The molecular weight excluding hydrogens is 214 g/mol. The van der Waals surface area contributed by atoms with Gasteiger partial charge in [0.15, 0.2) is 0 Å². The van der Waals surface area contributed by atoms with E-state index in [1.165, 1.54) is 5.56 Å². The van der Waals surface area contributed by atoms with Crippen molar-refractivity contribution in [3.63, 3.8) is 0 Å². The van der Waals surface area contributed by atoms with Crippen molar-refractivity contribution in [1.29, 1.82) is 0 Å². The van der Waals surface area contributed by atoms with E-state index in [1.54, 1.807) is 0 Å². The minimum atomic E-state index is -0.756. The van der Waals surface area contributed by atoms with Crippen molar-refractivity contribution in [2.45, 2.75) is 32.6 Å². The molecule has 0 heterocycles. The topological polar surface area (TPSA) is 40.5 Å². The normalized spacial score (nSPS) is 12.2. The second-order valence-electron chi connectivity index (χ2n) is 4.47. The van der Waals surface area contributed by atoms with Gasteiger partial charge in [-0.3, -0.25) is 4.79 Å². The van der Waals surface area contributed by atoms with Gasteiger partial charge in [0.2, 0.25) is 0 Å². The monoisotopic (exact) mass is 235 g/mol. The molecule has 0 fully saturated rings. The number of anilines is 1. The maximum Gasteiger partial charge on any atom is 0.305 e. The van der Waals surface area contributed by atoms with Gasteiger partial charge in [0.25, 0.3) is 0 Å². The molecule has 1 N–H and O–H groups in total. The number of benzene rings is 1. The van der Waals surface area contributed by atoms with Crippen molar-refractivity contribution in [2.24, 2.45) is 0 Å². The number of carbonyl (C=O) groups is 1. The lowest BCUT2D eigenvalue weighted by atomic mass is 9.98. The second kappa shape index (κ2) is 6.28. The molecule has 0 bridgehead atoms. The predicted octanol–water partition coefficient (Wildman–Crippen LogP) is 3.11. The molecule has 3 nitrogen and oxygen atoms in total. The molecule has 1 aromatic rings. The summed E-state index contributed by atoms with van der Waals surface area (Å²) in [6, 6.07) is 8.37. The summed E-state index contributed by atoms with van der Waals surface area (Å²) in [5.41, 5.74) is 2.40. The van der Waals surface area contributed by atoms with Gasteiger partial charge in [0.1, 0.15) is 0 Å². The Balaban J connectivity index is 2.63. The van der Waals surface area contributed by atoms with Crippen molar-refractivity contribution in [1.82, 2.24) is 0 Å². The third-order valence-corrected chi connectivity index (χ3v) is 3.18. The first-order valence-corrected chi connectivity index (χ1v) is 6.07. The number of carboxylic acid groups (broad SMARTS) is 1. The maximum absolute atomic E-state index is 10.5. The summed E-state index contributed by atoms with van der Waals surface area (Å²) in [6.45, 7) is 4.93. The van der Waals surface area contributed by atoms with Gasteiger partial charge >= 0.3 is 5.97 Å². The molecule has 1 rings (SSSR count). The van der Waals surface area contributed by atoms with Crippen LogP contribution in [-0.2, 0) is 4.79 Å². The zero-order chi connectivity index (χ0) is 12.8. The zero-order valence-corrected chi connectivity index (χ0v) is 10.8. The fourth-order valence-electron chi connectivity index (χ4n) is 1.69. The van der Waals surface area contributed by atoms with Crippen LogP contribution in [0.2, 0.25) is 0 Å². The molecule has 0 spiro atoms. The van der Waals surface area contributed by atoms with Crippen LogP contribution in [0.15, 0.2) is 24.3 Å². The zero-order valence-electron chi connectivity index (χ0n) is 10.8. The van der Waals surface area contributed by atoms with E-state index in [2.05, 4.69) is 38.1 Å². The van der Waals surface area contributed by atoms with Gasteiger partial charge in [-0.2, -0.15) is 0 Å². The molecule has 0 aliphatic rings. The fourth-order valence-corrected chi connectivity index (χ4v) is 1.69. The van der Waals surface area contributed by atoms with Crippen LogP contribution in [0.5, 0.6) is 0 Å². The molecule has 1 unspecified atom stereocenters. The summed E-state index contributed by atoms with van der Waals surface area (Å²) < 4.78 is 0. The third kappa shape index (κ3) is 4.10. The lowest BCUT2D eigenvalue weighted by Gasteiger charge is -2.19. The molecular formula is C14H21NO2. The Morgan fingerprint density at radius 3 is 2.41 bits per heavy atom. The van der Waals surface area contributed by atoms with E-state index in [0.717, 1.165) is 12.1 Å². The first-order chi connectivity index (χ1) is 8.04. The van der Waals surface area contributed by atoms with Gasteiger partial charge in [0.05, 0.1) is 6.42 Å². The number of nitrogens with zero attached hydrogens (tertiary/aromatic N) is 1. The van der Waals surface area contributed by atoms with Gasteiger partial charge in [-0.05, 0) is 30.0 Å². The van der Waals surface area contributed by atoms with Crippen LogP contribution in [0.1, 0.15) is 38.2 Å². The van der Waals surface area contributed by atoms with Crippen molar-refractivity contribution >= 4 is 11.7 Å².